The number of hydrogen-bond donors (Lipinski definition) is 2. The molecule has 6 heteroatoms. The van der Waals surface area contributed by atoms with Gasteiger partial charge in [-0.2, -0.15) is 0 Å². The number of aromatic amines is 1. The molecule has 0 unspecified atom stereocenters. The molecule has 0 radical (unpaired) electrons. The molecular formula is C25H27N5O. The van der Waals surface area contributed by atoms with E-state index in [-0.39, 0.29) is 0 Å². The molecule has 1 aliphatic heterocycles. The highest BCUT2D eigenvalue weighted by molar-refractivity contribution is 5.92. The maximum atomic E-state index is 5.92. The Morgan fingerprint density at radius 2 is 1.71 bits per heavy atom. The molecule has 0 bridgehead atoms. The van der Waals surface area contributed by atoms with E-state index in [1.807, 2.05) is 30.3 Å². The number of hydrogen-bond acceptors (Lipinski definition) is 5. The third-order valence-electron chi connectivity index (χ3n) is 5.68. The van der Waals surface area contributed by atoms with E-state index >= 15 is 0 Å². The minimum absolute atomic E-state index is 0.426. The second-order valence-electron chi connectivity index (χ2n) is 8.31. The standard InChI is InChI=1S/C25H27N5O/c1-17-13-30(14-18(2)28-17)25-22-12-23(29-24(22)26-16-27-25)20-8-10-21(11-9-20)31-15-19-6-4-3-5-7-19/h3-12,16-18,28H,13-15H2,1-2H3,(H,26,27,29)/t17-,18+. The van der Waals surface area contributed by atoms with Crippen molar-refractivity contribution < 1.29 is 4.74 Å². The van der Waals surface area contributed by atoms with E-state index in [4.69, 9.17) is 4.74 Å². The first-order valence-corrected chi connectivity index (χ1v) is 10.8. The van der Waals surface area contributed by atoms with Gasteiger partial charge in [-0.3, -0.25) is 0 Å². The lowest BCUT2D eigenvalue weighted by atomic mass is 10.1. The molecule has 6 nitrogen and oxygen atoms in total. The lowest BCUT2D eigenvalue weighted by Gasteiger charge is -2.37. The molecule has 2 atom stereocenters. The number of anilines is 1. The molecule has 1 fully saturated rings. The van der Waals surface area contributed by atoms with Crippen LogP contribution in [0.25, 0.3) is 22.3 Å². The number of ether oxygens (including phenoxy) is 1. The molecule has 2 aromatic carbocycles. The van der Waals surface area contributed by atoms with Crippen LogP contribution < -0.4 is 15.0 Å². The van der Waals surface area contributed by atoms with E-state index in [1.165, 1.54) is 0 Å². The Morgan fingerprint density at radius 1 is 0.968 bits per heavy atom. The summed E-state index contributed by atoms with van der Waals surface area (Å²) in [7, 11) is 0. The Bertz CT molecular complexity index is 1150. The number of benzene rings is 2. The summed E-state index contributed by atoms with van der Waals surface area (Å²) >= 11 is 0. The molecule has 4 aromatic rings. The van der Waals surface area contributed by atoms with Crippen molar-refractivity contribution in [2.45, 2.75) is 32.5 Å². The van der Waals surface area contributed by atoms with E-state index in [2.05, 4.69) is 69.3 Å². The molecule has 0 aliphatic carbocycles. The molecule has 1 saturated heterocycles. The SMILES string of the molecule is C[C@@H]1CN(c2ncnc3[nH]c(-c4ccc(OCc5ccccc5)cc4)cc23)C[C@H](C)N1. The van der Waals surface area contributed by atoms with Gasteiger partial charge in [0.1, 0.15) is 30.1 Å². The zero-order valence-corrected chi connectivity index (χ0v) is 17.9. The Hall–Kier alpha value is -3.38. The van der Waals surface area contributed by atoms with Gasteiger partial charge in [0.05, 0.1) is 5.39 Å². The smallest absolute Gasteiger partial charge is 0.143 e. The maximum absolute atomic E-state index is 5.92. The number of fused-ring (bicyclic) bond motifs is 1. The third-order valence-corrected chi connectivity index (χ3v) is 5.68. The fourth-order valence-corrected chi connectivity index (χ4v) is 4.31. The van der Waals surface area contributed by atoms with Crippen LogP contribution in [0, 0.1) is 0 Å². The maximum Gasteiger partial charge on any atom is 0.143 e. The van der Waals surface area contributed by atoms with Crippen LogP contribution in [0.15, 0.2) is 67.0 Å². The quantitative estimate of drug-likeness (QED) is 0.508. The first-order valence-electron chi connectivity index (χ1n) is 10.8. The minimum Gasteiger partial charge on any atom is -0.489 e. The zero-order valence-electron chi connectivity index (χ0n) is 17.9. The normalized spacial score (nSPS) is 19.0. The lowest BCUT2D eigenvalue weighted by molar-refractivity contribution is 0.306. The van der Waals surface area contributed by atoms with Crippen molar-refractivity contribution in [1.82, 2.24) is 20.3 Å². The van der Waals surface area contributed by atoms with E-state index in [0.29, 0.717) is 18.7 Å². The Morgan fingerprint density at radius 3 is 2.45 bits per heavy atom. The van der Waals surface area contributed by atoms with Crippen LogP contribution in [0.4, 0.5) is 5.82 Å². The second kappa shape index (κ2) is 8.40. The number of nitrogens with one attached hydrogen (secondary N) is 2. The van der Waals surface area contributed by atoms with Gasteiger partial charge in [-0.25, -0.2) is 9.97 Å². The number of piperazine rings is 1. The third kappa shape index (κ3) is 4.25. The van der Waals surface area contributed by atoms with E-state index in [1.54, 1.807) is 6.33 Å². The molecule has 2 N–H and O–H groups in total. The van der Waals surface area contributed by atoms with Gasteiger partial charge in [-0.05, 0) is 55.3 Å². The summed E-state index contributed by atoms with van der Waals surface area (Å²) in [6.45, 7) is 6.86. The van der Waals surface area contributed by atoms with Crippen LogP contribution in [0.5, 0.6) is 5.75 Å². The van der Waals surface area contributed by atoms with E-state index in [0.717, 1.165) is 52.5 Å². The van der Waals surface area contributed by atoms with Gasteiger partial charge < -0.3 is 19.9 Å². The Labute approximate surface area is 182 Å². The van der Waals surface area contributed by atoms with Gasteiger partial charge in [-0.15, -0.1) is 0 Å². The fraction of sp³-hybridized carbons (Fsp3) is 0.280. The summed E-state index contributed by atoms with van der Waals surface area (Å²) in [5.41, 5.74) is 4.15. The van der Waals surface area contributed by atoms with Gasteiger partial charge in [0.15, 0.2) is 0 Å². The average molecular weight is 414 g/mol. The molecule has 0 amide bonds. The van der Waals surface area contributed by atoms with Crippen LogP contribution in [0.1, 0.15) is 19.4 Å². The van der Waals surface area contributed by atoms with Crippen LogP contribution in [-0.4, -0.2) is 40.1 Å². The predicted molar refractivity (Wildman–Crippen MR) is 124 cm³/mol. The highest BCUT2D eigenvalue weighted by Crippen LogP contribution is 2.30. The summed E-state index contributed by atoms with van der Waals surface area (Å²) in [5.74, 6) is 1.85. The van der Waals surface area contributed by atoms with Crippen molar-refractivity contribution >= 4 is 16.9 Å². The highest BCUT2D eigenvalue weighted by atomic mass is 16.5. The summed E-state index contributed by atoms with van der Waals surface area (Å²) in [6.07, 6.45) is 1.65. The number of nitrogens with zero attached hydrogens (tertiary/aromatic N) is 3. The number of aromatic nitrogens is 3. The average Bonchev–Trinajstić information content (AvgIpc) is 3.22. The summed E-state index contributed by atoms with van der Waals surface area (Å²) < 4.78 is 5.92. The first kappa shape index (κ1) is 19.6. The predicted octanol–water partition coefficient (Wildman–Crippen LogP) is 4.39. The molecule has 1 aliphatic rings. The summed E-state index contributed by atoms with van der Waals surface area (Å²) in [4.78, 5) is 14.9. The van der Waals surface area contributed by atoms with Gasteiger partial charge in [0.2, 0.25) is 0 Å². The number of H-pyrrole nitrogens is 1. The molecule has 31 heavy (non-hydrogen) atoms. The van der Waals surface area contributed by atoms with Crippen molar-refractivity contribution in [3.05, 3.63) is 72.6 Å². The van der Waals surface area contributed by atoms with Crippen molar-refractivity contribution in [2.24, 2.45) is 0 Å². The van der Waals surface area contributed by atoms with Crippen molar-refractivity contribution in [1.29, 1.82) is 0 Å². The van der Waals surface area contributed by atoms with Gasteiger partial charge >= 0.3 is 0 Å². The first-order chi connectivity index (χ1) is 15.2. The second-order valence-corrected chi connectivity index (χ2v) is 8.31. The Kier molecular flexibility index (Phi) is 5.30. The van der Waals surface area contributed by atoms with Crippen LogP contribution >= 0.6 is 0 Å². The van der Waals surface area contributed by atoms with Gasteiger partial charge in [0.25, 0.3) is 0 Å². The molecule has 3 heterocycles. The largest absolute Gasteiger partial charge is 0.489 e. The lowest BCUT2D eigenvalue weighted by Crippen LogP contribution is -2.54. The highest BCUT2D eigenvalue weighted by Gasteiger charge is 2.24. The Balaban J connectivity index is 1.37. The summed E-state index contributed by atoms with van der Waals surface area (Å²) in [6, 6.07) is 21.4. The molecule has 158 valence electrons. The summed E-state index contributed by atoms with van der Waals surface area (Å²) in [5, 5.41) is 4.64. The molecular weight excluding hydrogens is 386 g/mol. The molecule has 0 spiro atoms. The molecule has 2 aromatic heterocycles. The van der Waals surface area contributed by atoms with Crippen LogP contribution in [0.2, 0.25) is 0 Å². The van der Waals surface area contributed by atoms with E-state index in [9.17, 15) is 0 Å². The zero-order chi connectivity index (χ0) is 21.2. The van der Waals surface area contributed by atoms with Crippen LogP contribution in [0.3, 0.4) is 0 Å². The monoisotopic (exact) mass is 413 g/mol. The minimum atomic E-state index is 0.426. The number of rotatable bonds is 5. The van der Waals surface area contributed by atoms with Gasteiger partial charge in [-0.1, -0.05) is 30.3 Å². The fourth-order valence-electron chi connectivity index (χ4n) is 4.31. The van der Waals surface area contributed by atoms with Gasteiger partial charge in [0, 0.05) is 30.9 Å². The van der Waals surface area contributed by atoms with Crippen molar-refractivity contribution in [3.8, 4) is 17.0 Å². The van der Waals surface area contributed by atoms with E-state index < -0.39 is 0 Å². The van der Waals surface area contributed by atoms with Crippen LogP contribution in [-0.2, 0) is 6.61 Å². The van der Waals surface area contributed by atoms with Crippen molar-refractivity contribution in [2.75, 3.05) is 18.0 Å². The molecule has 0 saturated carbocycles. The topological polar surface area (TPSA) is 66.1 Å². The molecule has 5 rings (SSSR count). The van der Waals surface area contributed by atoms with Crippen molar-refractivity contribution in [3.63, 3.8) is 0 Å².